The van der Waals surface area contributed by atoms with E-state index in [4.69, 9.17) is 5.26 Å². The minimum atomic E-state index is 0.624. The highest BCUT2D eigenvalue weighted by Gasteiger charge is 2.08. The molecule has 3 nitrogen and oxygen atoms in total. The standard InChI is InChI=1S/C13H19N3S/c1-9-7-10(2)16-13(12(9)8-14)15-6-5-11(3)17-4/h7,11H,5-6H2,1-4H3,(H,15,16). The lowest BCUT2D eigenvalue weighted by Gasteiger charge is -2.12. The first-order chi connectivity index (χ1) is 8.08. The number of hydrogen-bond donors (Lipinski definition) is 1. The molecule has 0 aliphatic rings. The van der Waals surface area contributed by atoms with E-state index in [-0.39, 0.29) is 0 Å². The topological polar surface area (TPSA) is 48.7 Å². The Hall–Kier alpha value is -1.21. The van der Waals surface area contributed by atoms with E-state index >= 15 is 0 Å². The summed E-state index contributed by atoms with van der Waals surface area (Å²) in [6, 6.07) is 4.15. The van der Waals surface area contributed by atoms with Gasteiger partial charge in [0.2, 0.25) is 0 Å². The van der Waals surface area contributed by atoms with E-state index in [1.54, 1.807) is 0 Å². The molecule has 0 radical (unpaired) electrons. The number of pyridine rings is 1. The summed E-state index contributed by atoms with van der Waals surface area (Å²) in [4.78, 5) is 4.39. The van der Waals surface area contributed by atoms with E-state index in [0.29, 0.717) is 10.8 Å². The Bertz CT molecular complexity index is 423. The van der Waals surface area contributed by atoms with Gasteiger partial charge in [-0.05, 0) is 38.2 Å². The van der Waals surface area contributed by atoms with Crippen molar-refractivity contribution in [3.63, 3.8) is 0 Å². The van der Waals surface area contributed by atoms with Crippen LogP contribution >= 0.6 is 11.8 Å². The van der Waals surface area contributed by atoms with Crippen molar-refractivity contribution < 1.29 is 0 Å². The maximum absolute atomic E-state index is 9.11. The number of aryl methyl sites for hydroxylation is 2. The summed E-state index contributed by atoms with van der Waals surface area (Å²) in [5.74, 6) is 0.721. The van der Waals surface area contributed by atoms with Crippen molar-refractivity contribution in [2.45, 2.75) is 32.4 Å². The zero-order chi connectivity index (χ0) is 12.8. The zero-order valence-corrected chi connectivity index (χ0v) is 11.7. The summed E-state index contributed by atoms with van der Waals surface area (Å²) in [5.41, 5.74) is 2.59. The van der Waals surface area contributed by atoms with Gasteiger partial charge < -0.3 is 5.32 Å². The minimum absolute atomic E-state index is 0.624. The second kappa shape index (κ2) is 6.51. The quantitative estimate of drug-likeness (QED) is 0.871. The van der Waals surface area contributed by atoms with E-state index in [1.165, 1.54) is 0 Å². The van der Waals surface area contributed by atoms with E-state index in [1.807, 2.05) is 31.7 Å². The Morgan fingerprint density at radius 3 is 2.82 bits per heavy atom. The van der Waals surface area contributed by atoms with Gasteiger partial charge in [0.25, 0.3) is 0 Å². The molecule has 0 aromatic carbocycles. The Labute approximate surface area is 108 Å². The lowest BCUT2D eigenvalue weighted by atomic mass is 10.1. The van der Waals surface area contributed by atoms with Crippen molar-refractivity contribution in [3.8, 4) is 6.07 Å². The molecule has 0 aliphatic carbocycles. The normalized spacial score (nSPS) is 11.9. The smallest absolute Gasteiger partial charge is 0.144 e. The third-order valence-corrected chi connectivity index (χ3v) is 3.74. The molecule has 0 saturated heterocycles. The van der Waals surface area contributed by atoms with Gasteiger partial charge in [-0.1, -0.05) is 6.92 Å². The molecule has 0 bridgehead atoms. The van der Waals surface area contributed by atoms with Crippen LogP contribution in [-0.2, 0) is 0 Å². The first-order valence-corrected chi connectivity index (χ1v) is 7.02. The lowest BCUT2D eigenvalue weighted by Crippen LogP contribution is -2.11. The van der Waals surface area contributed by atoms with Crippen LogP contribution in [0.25, 0.3) is 0 Å². The van der Waals surface area contributed by atoms with Gasteiger partial charge in [-0.25, -0.2) is 4.98 Å². The maximum atomic E-state index is 9.11. The Balaban J connectivity index is 2.74. The van der Waals surface area contributed by atoms with E-state index in [0.717, 1.165) is 30.0 Å². The second-order valence-corrected chi connectivity index (χ2v) is 5.45. The van der Waals surface area contributed by atoms with Gasteiger partial charge >= 0.3 is 0 Å². The molecular weight excluding hydrogens is 230 g/mol. The highest BCUT2D eigenvalue weighted by Crippen LogP contribution is 2.18. The number of hydrogen-bond acceptors (Lipinski definition) is 4. The molecule has 1 atom stereocenters. The fraction of sp³-hybridized carbons (Fsp3) is 0.538. The Morgan fingerprint density at radius 2 is 2.24 bits per heavy atom. The number of nitrogens with one attached hydrogen (secondary N) is 1. The summed E-state index contributed by atoms with van der Waals surface area (Å²) in [7, 11) is 0. The molecule has 4 heteroatoms. The van der Waals surface area contributed by atoms with Crippen molar-refractivity contribution in [3.05, 3.63) is 22.9 Å². The number of rotatable bonds is 5. The summed E-state index contributed by atoms with van der Waals surface area (Å²) in [5, 5.41) is 13.0. The van der Waals surface area contributed by atoms with Crippen LogP contribution in [0.4, 0.5) is 5.82 Å². The molecule has 0 spiro atoms. The summed E-state index contributed by atoms with van der Waals surface area (Å²) >= 11 is 1.85. The maximum Gasteiger partial charge on any atom is 0.144 e. The summed E-state index contributed by atoms with van der Waals surface area (Å²) in [6.07, 6.45) is 3.18. The van der Waals surface area contributed by atoms with Crippen molar-refractivity contribution in [1.82, 2.24) is 4.98 Å². The predicted molar refractivity (Wildman–Crippen MR) is 74.5 cm³/mol. The first-order valence-electron chi connectivity index (χ1n) is 5.73. The molecule has 0 amide bonds. The highest BCUT2D eigenvalue weighted by molar-refractivity contribution is 7.99. The highest BCUT2D eigenvalue weighted by atomic mass is 32.2. The number of nitrogens with zero attached hydrogens (tertiary/aromatic N) is 2. The van der Waals surface area contributed by atoms with Crippen LogP contribution in [0.15, 0.2) is 6.07 Å². The summed E-state index contributed by atoms with van der Waals surface area (Å²) < 4.78 is 0. The molecule has 1 aromatic heterocycles. The number of anilines is 1. The average Bonchev–Trinajstić information content (AvgIpc) is 2.28. The Kier molecular flexibility index (Phi) is 5.30. The number of aromatic nitrogens is 1. The van der Waals surface area contributed by atoms with Crippen LogP contribution in [0.1, 0.15) is 30.2 Å². The van der Waals surface area contributed by atoms with Crippen molar-refractivity contribution in [2.75, 3.05) is 18.1 Å². The molecular formula is C13H19N3S. The van der Waals surface area contributed by atoms with Gasteiger partial charge in [0.05, 0.1) is 5.56 Å². The molecule has 17 heavy (non-hydrogen) atoms. The SMILES string of the molecule is CSC(C)CCNc1nc(C)cc(C)c1C#N. The van der Waals surface area contributed by atoms with E-state index in [2.05, 4.69) is 29.5 Å². The van der Waals surface area contributed by atoms with Gasteiger partial charge in [0.1, 0.15) is 11.9 Å². The van der Waals surface area contributed by atoms with Crippen molar-refractivity contribution in [1.29, 1.82) is 5.26 Å². The zero-order valence-electron chi connectivity index (χ0n) is 10.9. The van der Waals surface area contributed by atoms with Crippen LogP contribution < -0.4 is 5.32 Å². The second-order valence-electron chi connectivity index (χ2n) is 4.18. The van der Waals surface area contributed by atoms with Crippen LogP contribution in [0.5, 0.6) is 0 Å². The van der Waals surface area contributed by atoms with E-state index < -0.39 is 0 Å². The number of nitriles is 1. The van der Waals surface area contributed by atoms with Gasteiger partial charge in [-0.2, -0.15) is 17.0 Å². The van der Waals surface area contributed by atoms with Gasteiger partial charge in [0.15, 0.2) is 0 Å². The molecule has 1 rings (SSSR count). The fourth-order valence-corrected chi connectivity index (χ4v) is 1.97. The lowest BCUT2D eigenvalue weighted by molar-refractivity contribution is 0.848. The third-order valence-electron chi connectivity index (χ3n) is 2.70. The minimum Gasteiger partial charge on any atom is -0.369 e. The molecule has 0 aliphatic heterocycles. The van der Waals surface area contributed by atoms with Crippen molar-refractivity contribution >= 4 is 17.6 Å². The van der Waals surface area contributed by atoms with Crippen LogP contribution in [0, 0.1) is 25.2 Å². The molecule has 0 fully saturated rings. The van der Waals surface area contributed by atoms with Gasteiger partial charge in [-0.3, -0.25) is 0 Å². The van der Waals surface area contributed by atoms with Gasteiger partial charge in [0, 0.05) is 17.5 Å². The molecule has 92 valence electrons. The summed E-state index contributed by atoms with van der Waals surface area (Å²) in [6.45, 7) is 6.95. The average molecular weight is 249 g/mol. The molecule has 1 aromatic rings. The number of thioether (sulfide) groups is 1. The molecule has 1 unspecified atom stereocenters. The third kappa shape index (κ3) is 3.94. The largest absolute Gasteiger partial charge is 0.369 e. The molecule has 1 N–H and O–H groups in total. The van der Waals surface area contributed by atoms with Crippen molar-refractivity contribution in [2.24, 2.45) is 0 Å². The monoisotopic (exact) mass is 249 g/mol. The first kappa shape index (κ1) is 13.9. The van der Waals surface area contributed by atoms with E-state index in [9.17, 15) is 0 Å². The molecule has 0 saturated carbocycles. The van der Waals surface area contributed by atoms with Crippen LogP contribution in [0.2, 0.25) is 0 Å². The molecule has 1 heterocycles. The fourth-order valence-electron chi connectivity index (χ4n) is 1.62. The van der Waals surface area contributed by atoms with Crippen LogP contribution in [-0.4, -0.2) is 23.0 Å². The Morgan fingerprint density at radius 1 is 1.53 bits per heavy atom. The predicted octanol–water partition coefficient (Wildman–Crippen LogP) is 3.12. The van der Waals surface area contributed by atoms with Crippen LogP contribution in [0.3, 0.4) is 0 Å². The van der Waals surface area contributed by atoms with Gasteiger partial charge in [-0.15, -0.1) is 0 Å².